The summed E-state index contributed by atoms with van der Waals surface area (Å²) in [4.78, 5) is 10.3. The van der Waals surface area contributed by atoms with Gasteiger partial charge in [0.2, 0.25) is 0 Å². The van der Waals surface area contributed by atoms with Gasteiger partial charge in [0, 0.05) is 26.2 Å². The van der Waals surface area contributed by atoms with E-state index >= 15 is 0 Å². The van der Waals surface area contributed by atoms with Gasteiger partial charge >= 0.3 is 0 Å². The summed E-state index contributed by atoms with van der Waals surface area (Å²) in [5, 5.41) is 6.50. The molecule has 2 N–H and O–H groups in total. The van der Waals surface area contributed by atoms with Crippen LogP contribution in [0.1, 0.15) is 12.8 Å². The molecular formula is C10H23N3O. The van der Waals surface area contributed by atoms with Gasteiger partial charge in [0.25, 0.3) is 0 Å². The fraction of sp³-hybridized carbons (Fsp3) is 0.900. The van der Waals surface area contributed by atoms with Crippen LogP contribution in [0.5, 0.6) is 0 Å². The molecule has 0 amide bonds. The molecule has 0 atom stereocenters. The van der Waals surface area contributed by atoms with E-state index < -0.39 is 0 Å². The number of carbonyl (C=O) groups excluding carboxylic acids is 1. The Hall–Kier alpha value is -0.450. The van der Waals surface area contributed by atoms with Gasteiger partial charge in [-0.2, -0.15) is 0 Å². The van der Waals surface area contributed by atoms with Gasteiger partial charge in [0.05, 0.1) is 0 Å². The SMILES string of the molecule is C1CCNC1.C=O.CN1CCNCC1. The molecule has 2 saturated heterocycles. The lowest BCUT2D eigenvalue weighted by Crippen LogP contribution is -2.40. The topological polar surface area (TPSA) is 44.4 Å². The van der Waals surface area contributed by atoms with Crippen LogP contribution in [-0.4, -0.2) is 58.0 Å². The van der Waals surface area contributed by atoms with E-state index in [4.69, 9.17) is 4.79 Å². The van der Waals surface area contributed by atoms with Gasteiger partial charge in [-0.3, -0.25) is 0 Å². The smallest absolute Gasteiger partial charge is 0.106 e. The van der Waals surface area contributed by atoms with Crippen LogP contribution in [0.3, 0.4) is 0 Å². The number of nitrogens with zero attached hydrogens (tertiary/aromatic N) is 1. The van der Waals surface area contributed by atoms with Crippen LogP contribution in [0.15, 0.2) is 0 Å². The minimum absolute atomic E-state index is 1.16. The van der Waals surface area contributed by atoms with E-state index in [1.165, 1.54) is 39.0 Å². The van der Waals surface area contributed by atoms with Crippen molar-refractivity contribution < 1.29 is 4.79 Å². The summed E-state index contributed by atoms with van der Waals surface area (Å²) in [5.74, 6) is 0. The molecule has 2 fully saturated rings. The molecule has 14 heavy (non-hydrogen) atoms. The number of likely N-dealkylation sites (N-methyl/N-ethyl adjacent to an activating group) is 1. The summed E-state index contributed by atoms with van der Waals surface area (Å²) in [6.45, 7) is 9.24. The van der Waals surface area contributed by atoms with Crippen molar-refractivity contribution in [2.45, 2.75) is 12.8 Å². The largest absolute Gasteiger partial charge is 0.317 e. The molecule has 0 radical (unpaired) electrons. The van der Waals surface area contributed by atoms with Gasteiger partial charge < -0.3 is 20.3 Å². The lowest BCUT2D eigenvalue weighted by Gasteiger charge is -2.21. The third kappa shape index (κ3) is 8.16. The first-order chi connectivity index (χ1) is 6.89. The van der Waals surface area contributed by atoms with E-state index in [0.717, 1.165) is 13.1 Å². The molecule has 0 saturated carbocycles. The van der Waals surface area contributed by atoms with Crippen LogP contribution in [0.25, 0.3) is 0 Å². The Balaban J connectivity index is 0.000000213. The lowest BCUT2D eigenvalue weighted by molar-refractivity contribution is -0.0979. The van der Waals surface area contributed by atoms with Gasteiger partial charge in [0.1, 0.15) is 6.79 Å². The zero-order valence-electron chi connectivity index (χ0n) is 9.22. The van der Waals surface area contributed by atoms with Crippen molar-refractivity contribution in [3.05, 3.63) is 0 Å². The van der Waals surface area contributed by atoms with Crippen molar-refractivity contribution in [2.24, 2.45) is 0 Å². The van der Waals surface area contributed by atoms with E-state index in [1.807, 2.05) is 6.79 Å². The number of piperazine rings is 1. The summed E-state index contributed by atoms with van der Waals surface area (Å²) < 4.78 is 0. The fourth-order valence-corrected chi connectivity index (χ4v) is 1.40. The number of hydrogen-bond acceptors (Lipinski definition) is 4. The fourth-order valence-electron chi connectivity index (χ4n) is 1.40. The Kier molecular flexibility index (Phi) is 10.3. The van der Waals surface area contributed by atoms with Crippen LogP contribution in [0.4, 0.5) is 0 Å². The molecule has 0 spiro atoms. The van der Waals surface area contributed by atoms with Crippen LogP contribution in [0, 0.1) is 0 Å². The average Bonchev–Trinajstić information content (AvgIpc) is 2.80. The normalized spacial score (nSPS) is 21.5. The molecule has 2 aliphatic heterocycles. The molecule has 2 rings (SSSR count). The third-order valence-electron chi connectivity index (χ3n) is 2.30. The van der Waals surface area contributed by atoms with Crippen molar-refractivity contribution in [2.75, 3.05) is 46.3 Å². The van der Waals surface area contributed by atoms with Crippen molar-refractivity contribution in [3.8, 4) is 0 Å². The Bertz CT molecular complexity index is 104. The van der Waals surface area contributed by atoms with Crippen LogP contribution in [-0.2, 0) is 4.79 Å². The zero-order valence-corrected chi connectivity index (χ0v) is 9.22. The molecule has 4 heteroatoms. The Morgan fingerprint density at radius 2 is 1.36 bits per heavy atom. The second-order valence-corrected chi connectivity index (χ2v) is 3.51. The molecule has 0 aromatic rings. The second-order valence-electron chi connectivity index (χ2n) is 3.51. The van der Waals surface area contributed by atoms with Crippen LogP contribution < -0.4 is 10.6 Å². The predicted octanol–water partition coefficient (Wildman–Crippen LogP) is -0.294. The van der Waals surface area contributed by atoms with Gasteiger partial charge in [-0.15, -0.1) is 0 Å². The van der Waals surface area contributed by atoms with Gasteiger partial charge in [-0.25, -0.2) is 0 Å². The first kappa shape index (κ1) is 13.5. The van der Waals surface area contributed by atoms with E-state index in [9.17, 15) is 0 Å². The highest BCUT2D eigenvalue weighted by Gasteiger charge is 2.01. The summed E-state index contributed by atoms with van der Waals surface area (Å²) in [7, 11) is 2.15. The Morgan fingerprint density at radius 3 is 1.57 bits per heavy atom. The van der Waals surface area contributed by atoms with Crippen LogP contribution >= 0.6 is 0 Å². The van der Waals surface area contributed by atoms with Gasteiger partial charge in [-0.05, 0) is 33.0 Å². The minimum Gasteiger partial charge on any atom is -0.317 e. The molecule has 4 nitrogen and oxygen atoms in total. The Labute approximate surface area is 87.0 Å². The highest BCUT2D eigenvalue weighted by molar-refractivity contribution is 5.10. The van der Waals surface area contributed by atoms with E-state index in [-0.39, 0.29) is 0 Å². The lowest BCUT2D eigenvalue weighted by atomic mass is 10.4. The first-order valence-electron chi connectivity index (χ1n) is 5.28. The molecule has 0 bridgehead atoms. The summed E-state index contributed by atoms with van der Waals surface area (Å²) in [6, 6.07) is 0. The molecule has 84 valence electrons. The second kappa shape index (κ2) is 10.6. The molecule has 2 aliphatic rings. The number of carbonyl (C=O) groups is 1. The highest BCUT2D eigenvalue weighted by Crippen LogP contribution is 1.90. The highest BCUT2D eigenvalue weighted by atomic mass is 16.1. The monoisotopic (exact) mass is 201 g/mol. The standard InChI is InChI=1S/C5H12N2.C4H9N.CH2O/c1-7-4-2-6-3-5-7;1-2-4-5-3-1;1-2/h6H,2-5H2,1H3;5H,1-4H2;1H2. The molecule has 0 aliphatic carbocycles. The maximum atomic E-state index is 8.00. The molecule has 0 aromatic carbocycles. The van der Waals surface area contributed by atoms with Crippen LogP contribution in [0.2, 0.25) is 0 Å². The van der Waals surface area contributed by atoms with E-state index in [0.29, 0.717) is 0 Å². The van der Waals surface area contributed by atoms with E-state index in [1.54, 1.807) is 0 Å². The third-order valence-corrected chi connectivity index (χ3v) is 2.30. The molecule has 0 aromatic heterocycles. The van der Waals surface area contributed by atoms with Crippen molar-refractivity contribution >= 4 is 6.79 Å². The van der Waals surface area contributed by atoms with Crippen molar-refractivity contribution in [1.29, 1.82) is 0 Å². The predicted molar refractivity (Wildman–Crippen MR) is 59.6 cm³/mol. The summed E-state index contributed by atoms with van der Waals surface area (Å²) in [5.41, 5.74) is 0. The maximum Gasteiger partial charge on any atom is 0.106 e. The number of nitrogens with one attached hydrogen (secondary N) is 2. The van der Waals surface area contributed by atoms with Crippen molar-refractivity contribution in [3.63, 3.8) is 0 Å². The summed E-state index contributed by atoms with van der Waals surface area (Å²) in [6.07, 6.45) is 2.78. The Morgan fingerprint density at radius 1 is 0.929 bits per heavy atom. The molecular weight excluding hydrogens is 178 g/mol. The first-order valence-corrected chi connectivity index (χ1v) is 5.28. The zero-order chi connectivity index (χ0) is 10.6. The number of rotatable bonds is 0. The minimum atomic E-state index is 1.16. The van der Waals surface area contributed by atoms with Gasteiger partial charge in [0.15, 0.2) is 0 Å². The van der Waals surface area contributed by atoms with Crippen molar-refractivity contribution in [1.82, 2.24) is 15.5 Å². The summed E-state index contributed by atoms with van der Waals surface area (Å²) >= 11 is 0. The quantitative estimate of drug-likeness (QED) is 0.565. The maximum absolute atomic E-state index is 8.00. The van der Waals surface area contributed by atoms with Gasteiger partial charge in [-0.1, -0.05) is 0 Å². The van der Waals surface area contributed by atoms with E-state index in [2.05, 4.69) is 22.6 Å². The number of hydrogen-bond donors (Lipinski definition) is 2. The molecule has 2 heterocycles. The average molecular weight is 201 g/mol. The molecule has 0 unspecified atom stereocenters.